The second kappa shape index (κ2) is 5.51. The monoisotopic (exact) mass is 260 g/mol. The van der Waals surface area contributed by atoms with Gasteiger partial charge in [0.1, 0.15) is 5.76 Å². The molecule has 0 aliphatic rings. The van der Waals surface area contributed by atoms with Crippen LogP contribution >= 0.6 is 0 Å². The first kappa shape index (κ1) is 13.1. The van der Waals surface area contributed by atoms with Gasteiger partial charge in [-0.2, -0.15) is 0 Å². The molecule has 0 spiro atoms. The fraction of sp³-hybridized carbons (Fsp3) is 0.308. The van der Waals surface area contributed by atoms with Gasteiger partial charge in [-0.15, -0.1) is 0 Å². The fourth-order valence-electron chi connectivity index (χ4n) is 1.69. The summed E-state index contributed by atoms with van der Waals surface area (Å²) in [5.41, 5.74) is 2.40. The average molecular weight is 260 g/mol. The van der Waals surface area contributed by atoms with E-state index in [1.807, 2.05) is 13.8 Å². The first-order valence-electron chi connectivity index (χ1n) is 5.92. The summed E-state index contributed by atoms with van der Waals surface area (Å²) in [6.07, 6.45) is 3.25. The summed E-state index contributed by atoms with van der Waals surface area (Å²) in [4.78, 5) is 17.5. The highest BCUT2D eigenvalue weighted by Gasteiger charge is 2.15. The number of carbonyl (C=O) groups excluding carboxylic acids is 1. The predicted octanol–water partition coefficient (Wildman–Crippen LogP) is 2.35. The van der Waals surface area contributed by atoms with Crippen molar-refractivity contribution in [1.29, 1.82) is 0 Å². The number of anilines is 1. The van der Waals surface area contributed by atoms with Crippen molar-refractivity contribution in [3.63, 3.8) is 0 Å². The zero-order valence-corrected chi connectivity index (χ0v) is 11.2. The standard InChI is InChI=1S/C13H16N4O2/c1-9-12(10(2)19-16-9)8-17(3)13(18)15-11-5-4-6-14-7-11/h4-7H,8H2,1-3H3,(H,15,18). The van der Waals surface area contributed by atoms with Crippen LogP contribution in [0.2, 0.25) is 0 Å². The number of rotatable bonds is 3. The molecule has 2 amide bonds. The second-order valence-electron chi connectivity index (χ2n) is 4.33. The molecule has 0 fully saturated rings. The Morgan fingerprint density at radius 2 is 2.26 bits per heavy atom. The molecule has 0 unspecified atom stereocenters. The van der Waals surface area contributed by atoms with Crippen LogP contribution in [0.1, 0.15) is 17.0 Å². The number of hydrogen-bond acceptors (Lipinski definition) is 4. The van der Waals surface area contributed by atoms with E-state index in [2.05, 4.69) is 15.5 Å². The van der Waals surface area contributed by atoms with Gasteiger partial charge in [-0.1, -0.05) is 5.16 Å². The Bertz CT molecular complexity index is 546. The van der Waals surface area contributed by atoms with Crippen LogP contribution in [0.4, 0.5) is 10.5 Å². The van der Waals surface area contributed by atoms with Gasteiger partial charge in [0.25, 0.3) is 0 Å². The molecule has 0 aromatic carbocycles. The van der Waals surface area contributed by atoms with E-state index in [1.54, 1.807) is 36.5 Å². The molecule has 1 N–H and O–H groups in total. The van der Waals surface area contributed by atoms with Crippen molar-refractivity contribution in [2.45, 2.75) is 20.4 Å². The maximum Gasteiger partial charge on any atom is 0.321 e. The van der Waals surface area contributed by atoms with Crippen LogP contribution in [0.15, 0.2) is 29.0 Å². The van der Waals surface area contributed by atoms with Crippen LogP contribution in [0.3, 0.4) is 0 Å². The minimum atomic E-state index is -0.201. The van der Waals surface area contributed by atoms with Gasteiger partial charge >= 0.3 is 6.03 Å². The molecule has 0 radical (unpaired) electrons. The van der Waals surface area contributed by atoms with Crippen molar-refractivity contribution in [3.05, 3.63) is 41.5 Å². The fourth-order valence-corrected chi connectivity index (χ4v) is 1.69. The molecular formula is C13H16N4O2. The highest BCUT2D eigenvalue weighted by Crippen LogP contribution is 2.15. The Morgan fingerprint density at radius 3 is 2.84 bits per heavy atom. The number of pyridine rings is 1. The Labute approximate surface area is 111 Å². The largest absolute Gasteiger partial charge is 0.361 e. The second-order valence-corrected chi connectivity index (χ2v) is 4.33. The normalized spacial score (nSPS) is 10.3. The molecule has 0 aliphatic heterocycles. The van der Waals surface area contributed by atoms with Crippen molar-refractivity contribution in [2.75, 3.05) is 12.4 Å². The topological polar surface area (TPSA) is 71.3 Å². The minimum absolute atomic E-state index is 0.201. The van der Waals surface area contributed by atoms with Crippen molar-refractivity contribution in [2.24, 2.45) is 0 Å². The third kappa shape index (κ3) is 3.09. The van der Waals surface area contributed by atoms with Gasteiger partial charge in [0.05, 0.1) is 24.1 Å². The molecule has 2 aromatic rings. The number of nitrogens with one attached hydrogen (secondary N) is 1. The summed E-state index contributed by atoms with van der Waals surface area (Å²) in [6, 6.07) is 3.35. The van der Waals surface area contributed by atoms with Crippen LogP contribution in [0.25, 0.3) is 0 Å². The summed E-state index contributed by atoms with van der Waals surface area (Å²) in [6.45, 7) is 4.15. The van der Waals surface area contributed by atoms with Gasteiger partial charge in [0.2, 0.25) is 0 Å². The van der Waals surface area contributed by atoms with Crippen molar-refractivity contribution >= 4 is 11.7 Å². The highest BCUT2D eigenvalue weighted by atomic mass is 16.5. The SMILES string of the molecule is Cc1noc(C)c1CN(C)C(=O)Nc1cccnc1. The summed E-state index contributed by atoms with van der Waals surface area (Å²) in [5.74, 6) is 0.735. The quantitative estimate of drug-likeness (QED) is 0.919. The Hall–Kier alpha value is -2.37. The number of urea groups is 1. The van der Waals surface area contributed by atoms with E-state index in [1.165, 1.54) is 0 Å². The Balaban J connectivity index is 2.00. The van der Waals surface area contributed by atoms with Crippen LogP contribution in [0.5, 0.6) is 0 Å². The van der Waals surface area contributed by atoms with Gasteiger partial charge in [-0.05, 0) is 26.0 Å². The summed E-state index contributed by atoms with van der Waals surface area (Å²) < 4.78 is 5.08. The average Bonchev–Trinajstić information content (AvgIpc) is 2.71. The molecule has 0 atom stereocenters. The summed E-state index contributed by atoms with van der Waals surface area (Å²) in [5, 5.41) is 6.64. The van der Waals surface area contributed by atoms with Crippen LogP contribution in [-0.4, -0.2) is 28.1 Å². The van der Waals surface area contributed by atoms with Gasteiger partial charge in [0, 0.05) is 18.8 Å². The number of aromatic nitrogens is 2. The van der Waals surface area contributed by atoms with Gasteiger partial charge in [0.15, 0.2) is 0 Å². The number of hydrogen-bond donors (Lipinski definition) is 1. The molecule has 100 valence electrons. The molecule has 2 aromatic heterocycles. The lowest BCUT2D eigenvalue weighted by Gasteiger charge is -2.17. The lowest BCUT2D eigenvalue weighted by molar-refractivity contribution is 0.220. The maximum absolute atomic E-state index is 12.0. The lowest BCUT2D eigenvalue weighted by atomic mass is 10.2. The molecule has 19 heavy (non-hydrogen) atoms. The third-order valence-electron chi connectivity index (χ3n) is 2.84. The van der Waals surface area contributed by atoms with E-state index in [4.69, 9.17) is 4.52 Å². The molecule has 2 rings (SSSR count). The molecular weight excluding hydrogens is 244 g/mol. The molecule has 0 saturated heterocycles. The van der Waals surface area contributed by atoms with Gasteiger partial charge in [-0.25, -0.2) is 4.79 Å². The smallest absolute Gasteiger partial charge is 0.321 e. The minimum Gasteiger partial charge on any atom is -0.361 e. The van der Waals surface area contributed by atoms with E-state index < -0.39 is 0 Å². The van der Waals surface area contributed by atoms with E-state index in [0.29, 0.717) is 12.2 Å². The third-order valence-corrected chi connectivity index (χ3v) is 2.84. The van der Waals surface area contributed by atoms with Crippen molar-refractivity contribution in [3.8, 4) is 0 Å². The van der Waals surface area contributed by atoms with E-state index in [0.717, 1.165) is 17.0 Å². The van der Waals surface area contributed by atoms with Gasteiger partial charge < -0.3 is 14.7 Å². The first-order valence-corrected chi connectivity index (χ1v) is 5.92. The van der Waals surface area contributed by atoms with E-state index in [9.17, 15) is 4.79 Å². The Morgan fingerprint density at radius 1 is 1.47 bits per heavy atom. The number of nitrogens with zero attached hydrogens (tertiary/aromatic N) is 3. The Kier molecular flexibility index (Phi) is 3.79. The molecule has 6 nitrogen and oxygen atoms in total. The predicted molar refractivity (Wildman–Crippen MR) is 70.7 cm³/mol. The first-order chi connectivity index (χ1) is 9.08. The molecule has 0 bridgehead atoms. The number of carbonyl (C=O) groups is 1. The zero-order valence-electron chi connectivity index (χ0n) is 11.2. The molecule has 2 heterocycles. The number of aryl methyl sites for hydroxylation is 2. The van der Waals surface area contributed by atoms with Crippen molar-refractivity contribution < 1.29 is 9.32 Å². The lowest BCUT2D eigenvalue weighted by Crippen LogP contribution is -2.31. The summed E-state index contributed by atoms with van der Waals surface area (Å²) in [7, 11) is 1.72. The highest BCUT2D eigenvalue weighted by molar-refractivity contribution is 5.88. The zero-order chi connectivity index (χ0) is 13.8. The van der Waals surface area contributed by atoms with Crippen LogP contribution in [-0.2, 0) is 6.54 Å². The summed E-state index contributed by atoms with van der Waals surface area (Å²) >= 11 is 0. The van der Waals surface area contributed by atoms with E-state index >= 15 is 0 Å². The van der Waals surface area contributed by atoms with E-state index in [-0.39, 0.29) is 6.03 Å². The molecule has 0 aliphatic carbocycles. The van der Waals surface area contributed by atoms with Gasteiger partial charge in [-0.3, -0.25) is 4.98 Å². The molecule has 0 saturated carbocycles. The molecule has 6 heteroatoms. The maximum atomic E-state index is 12.0. The van der Waals surface area contributed by atoms with Crippen LogP contribution < -0.4 is 5.32 Å². The van der Waals surface area contributed by atoms with Crippen molar-refractivity contribution in [1.82, 2.24) is 15.0 Å². The number of amides is 2. The van der Waals surface area contributed by atoms with Crippen LogP contribution in [0, 0.1) is 13.8 Å².